The van der Waals surface area contributed by atoms with E-state index >= 15 is 0 Å². The Morgan fingerprint density at radius 1 is 1.17 bits per heavy atom. The third kappa shape index (κ3) is 9.56. The highest BCUT2D eigenvalue weighted by atomic mass is 127. The highest BCUT2D eigenvalue weighted by Gasteiger charge is 2.15. The summed E-state index contributed by atoms with van der Waals surface area (Å²) in [7, 11) is 3.34. The Morgan fingerprint density at radius 2 is 1.86 bits per heavy atom. The van der Waals surface area contributed by atoms with Crippen LogP contribution in [0.2, 0.25) is 0 Å². The summed E-state index contributed by atoms with van der Waals surface area (Å²) in [6.07, 6.45) is 6.28. The summed E-state index contributed by atoms with van der Waals surface area (Å²) in [4.78, 5) is 16.3. The predicted octanol–water partition coefficient (Wildman–Crippen LogP) is 3.08. The molecular formula is C21H35IN4O3. The molecule has 1 saturated carbocycles. The number of methoxy groups -OCH3 is 1. The van der Waals surface area contributed by atoms with E-state index in [0.29, 0.717) is 43.0 Å². The number of guanidine groups is 1. The van der Waals surface area contributed by atoms with Gasteiger partial charge in [-0.25, -0.2) is 0 Å². The van der Waals surface area contributed by atoms with Crippen LogP contribution in [0.1, 0.15) is 45.4 Å². The highest BCUT2D eigenvalue weighted by molar-refractivity contribution is 14.0. The number of ether oxygens (including phenoxy) is 2. The quantitative estimate of drug-likeness (QED) is 0.266. The van der Waals surface area contributed by atoms with Gasteiger partial charge in [0.1, 0.15) is 6.10 Å². The molecule has 0 radical (unpaired) electrons. The molecule has 1 unspecified atom stereocenters. The van der Waals surface area contributed by atoms with E-state index < -0.39 is 0 Å². The van der Waals surface area contributed by atoms with Gasteiger partial charge in [-0.1, -0.05) is 31.4 Å². The van der Waals surface area contributed by atoms with Crippen LogP contribution < -0.4 is 25.4 Å². The first-order valence-corrected chi connectivity index (χ1v) is 10.2. The number of hydrogen-bond donors (Lipinski definition) is 3. The lowest BCUT2D eigenvalue weighted by atomic mass is 9.95. The van der Waals surface area contributed by atoms with Crippen molar-refractivity contribution < 1.29 is 14.3 Å². The Hall–Kier alpha value is -1.71. The lowest BCUT2D eigenvalue weighted by molar-refractivity contribution is -0.121. The zero-order valence-corrected chi connectivity index (χ0v) is 20.0. The number of carbonyl (C=O) groups excluding carboxylic acids is 1. The van der Waals surface area contributed by atoms with E-state index in [-0.39, 0.29) is 36.0 Å². The first-order valence-electron chi connectivity index (χ1n) is 10.2. The maximum absolute atomic E-state index is 12.1. The average Bonchev–Trinajstić information content (AvgIpc) is 2.71. The van der Waals surface area contributed by atoms with Crippen LogP contribution in [0.25, 0.3) is 0 Å². The molecule has 2 rings (SSSR count). The Bertz CT molecular complexity index is 636. The van der Waals surface area contributed by atoms with Crippen molar-refractivity contribution in [2.45, 2.75) is 57.6 Å². The van der Waals surface area contributed by atoms with Crippen molar-refractivity contribution in [3.8, 4) is 11.5 Å². The SMILES string of the molecule is CN=C(NCCC(=O)NC1CCCCC1)NCC(C)Oc1ccccc1OC.I. The van der Waals surface area contributed by atoms with Gasteiger partial charge in [0.25, 0.3) is 0 Å². The monoisotopic (exact) mass is 518 g/mol. The van der Waals surface area contributed by atoms with Crippen LogP contribution in [0.3, 0.4) is 0 Å². The molecule has 1 aliphatic rings. The zero-order valence-electron chi connectivity index (χ0n) is 17.7. The molecule has 1 atom stereocenters. The molecule has 0 aliphatic heterocycles. The number of amides is 1. The van der Waals surface area contributed by atoms with Crippen molar-refractivity contribution >= 4 is 35.8 Å². The third-order valence-corrected chi connectivity index (χ3v) is 4.79. The molecule has 1 aromatic carbocycles. The van der Waals surface area contributed by atoms with Gasteiger partial charge in [-0.15, -0.1) is 24.0 Å². The molecule has 7 nitrogen and oxygen atoms in total. The van der Waals surface area contributed by atoms with Crippen LogP contribution in [-0.4, -0.2) is 51.3 Å². The molecular weight excluding hydrogens is 483 g/mol. The first kappa shape index (κ1) is 25.3. The maximum atomic E-state index is 12.1. The maximum Gasteiger partial charge on any atom is 0.221 e. The van der Waals surface area contributed by atoms with Crippen molar-refractivity contribution in [2.75, 3.05) is 27.2 Å². The number of para-hydroxylation sites is 2. The molecule has 3 N–H and O–H groups in total. The zero-order chi connectivity index (χ0) is 20.2. The average molecular weight is 518 g/mol. The minimum atomic E-state index is -0.0792. The summed E-state index contributed by atoms with van der Waals surface area (Å²) in [5, 5.41) is 9.53. The molecule has 0 spiro atoms. The summed E-state index contributed by atoms with van der Waals surface area (Å²) in [6.45, 7) is 3.09. The number of rotatable bonds is 9. The summed E-state index contributed by atoms with van der Waals surface area (Å²) in [5.74, 6) is 2.17. The topological polar surface area (TPSA) is 84.0 Å². The van der Waals surface area contributed by atoms with Crippen LogP contribution in [0, 0.1) is 0 Å². The minimum absolute atomic E-state index is 0. The van der Waals surface area contributed by atoms with E-state index in [0.717, 1.165) is 12.8 Å². The van der Waals surface area contributed by atoms with Crippen LogP contribution in [0.15, 0.2) is 29.3 Å². The van der Waals surface area contributed by atoms with Gasteiger partial charge in [0.2, 0.25) is 5.91 Å². The summed E-state index contributed by atoms with van der Waals surface area (Å²) in [6, 6.07) is 7.93. The van der Waals surface area contributed by atoms with Gasteiger partial charge in [0.15, 0.2) is 17.5 Å². The smallest absolute Gasteiger partial charge is 0.221 e. The predicted molar refractivity (Wildman–Crippen MR) is 127 cm³/mol. The number of halogens is 1. The molecule has 1 fully saturated rings. The van der Waals surface area contributed by atoms with Gasteiger partial charge in [-0.2, -0.15) is 0 Å². The molecule has 1 aliphatic carbocycles. The van der Waals surface area contributed by atoms with Gasteiger partial charge >= 0.3 is 0 Å². The number of nitrogens with zero attached hydrogens (tertiary/aromatic N) is 1. The van der Waals surface area contributed by atoms with Crippen molar-refractivity contribution in [2.24, 2.45) is 4.99 Å². The van der Waals surface area contributed by atoms with Crippen molar-refractivity contribution in [3.63, 3.8) is 0 Å². The standard InChI is InChI=1S/C21H34N4O3.HI/c1-16(28-19-12-8-7-11-18(19)27-3)15-24-21(22-2)23-14-13-20(26)25-17-9-5-4-6-10-17;/h7-8,11-12,16-17H,4-6,9-10,13-15H2,1-3H3,(H,25,26)(H2,22,23,24);1H. The fourth-order valence-electron chi connectivity index (χ4n) is 3.28. The van der Waals surface area contributed by atoms with E-state index in [4.69, 9.17) is 9.47 Å². The van der Waals surface area contributed by atoms with E-state index in [1.54, 1.807) is 14.2 Å². The van der Waals surface area contributed by atoms with Crippen molar-refractivity contribution in [1.82, 2.24) is 16.0 Å². The van der Waals surface area contributed by atoms with Crippen LogP contribution in [0.5, 0.6) is 11.5 Å². The molecule has 0 saturated heterocycles. The Kier molecular flexibility index (Phi) is 12.5. The normalized spacial score (nSPS) is 15.6. The second-order valence-corrected chi connectivity index (χ2v) is 7.11. The number of hydrogen-bond acceptors (Lipinski definition) is 4. The summed E-state index contributed by atoms with van der Waals surface area (Å²) in [5.41, 5.74) is 0. The Morgan fingerprint density at radius 3 is 2.52 bits per heavy atom. The molecule has 0 bridgehead atoms. The van der Waals surface area contributed by atoms with Crippen LogP contribution in [-0.2, 0) is 4.79 Å². The van der Waals surface area contributed by atoms with E-state index in [9.17, 15) is 4.79 Å². The molecule has 29 heavy (non-hydrogen) atoms. The summed E-state index contributed by atoms with van der Waals surface area (Å²) >= 11 is 0. The highest BCUT2D eigenvalue weighted by Crippen LogP contribution is 2.26. The van der Waals surface area contributed by atoms with Gasteiger partial charge in [0, 0.05) is 26.1 Å². The van der Waals surface area contributed by atoms with Gasteiger partial charge < -0.3 is 25.4 Å². The lowest BCUT2D eigenvalue weighted by Gasteiger charge is -2.23. The lowest BCUT2D eigenvalue weighted by Crippen LogP contribution is -2.43. The first-order chi connectivity index (χ1) is 13.6. The molecule has 1 amide bonds. The number of carbonyl (C=O) groups is 1. The van der Waals surface area contributed by atoms with E-state index in [1.807, 2.05) is 31.2 Å². The summed E-state index contributed by atoms with van der Waals surface area (Å²) < 4.78 is 11.2. The fraction of sp³-hybridized carbons (Fsp3) is 0.619. The fourth-order valence-corrected chi connectivity index (χ4v) is 3.28. The number of benzene rings is 1. The molecule has 164 valence electrons. The van der Waals surface area contributed by atoms with Gasteiger partial charge in [-0.05, 0) is 31.9 Å². The Balaban J connectivity index is 0.00000420. The van der Waals surface area contributed by atoms with E-state index in [2.05, 4.69) is 20.9 Å². The largest absolute Gasteiger partial charge is 0.493 e. The molecule has 0 heterocycles. The molecule has 0 aromatic heterocycles. The van der Waals surface area contributed by atoms with Crippen LogP contribution >= 0.6 is 24.0 Å². The molecule has 8 heteroatoms. The second kappa shape index (κ2) is 14.3. The number of nitrogens with one attached hydrogen (secondary N) is 3. The second-order valence-electron chi connectivity index (χ2n) is 7.11. The molecule has 1 aromatic rings. The Labute approximate surface area is 191 Å². The van der Waals surface area contributed by atoms with Crippen LogP contribution in [0.4, 0.5) is 0 Å². The number of aliphatic imine (C=N–C) groups is 1. The van der Waals surface area contributed by atoms with Crippen molar-refractivity contribution in [3.05, 3.63) is 24.3 Å². The van der Waals surface area contributed by atoms with Crippen molar-refractivity contribution in [1.29, 1.82) is 0 Å². The minimum Gasteiger partial charge on any atom is -0.493 e. The third-order valence-electron chi connectivity index (χ3n) is 4.79. The van der Waals surface area contributed by atoms with Gasteiger partial charge in [0.05, 0.1) is 13.7 Å². The van der Waals surface area contributed by atoms with Gasteiger partial charge in [-0.3, -0.25) is 9.79 Å². The van der Waals surface area contributed by atoms with E-state index in [1.165, 1.54) is 19.3 Å².